The van der Waals surface area contributed by atoms with E-state index in [-0.39, 0.29) is 31.4 Å². The largest absolute Gasteiger partial charge is 0.464 e. The van der Waals surface area contributed by atoms with Crippen LogP contribution in [0, 0.1) is 11.8 Å². The molecular weight excluding hydrogens is 523 g/mol. The molecule has 2 aliphatic carbocycles. The SMILES string of the molecule is CC(C)COC(=O)C1(NP(=O)(CO[C@H](C)Cn2cnc3c(N)ccnc32)NC2(C(=O)OCC(C)C)CC2)CC1. The summed E-state index contributed by atoms with van der Waals surface area (Å²) < 4.78 is 33.2. The van der Waals surface area contributed by atoms with Gasteiger partial charge in [-0.05, 0) is 50.5 Å². The van der Waals surface area contributed by atoms with E-state index < -0.39 is 36.6 Å². The number of esters is 2. The highest BCUT2D eigenvalue weighted by molar-refractivity contribution is 7.59. The van der Waals surface area contributed by atoms with Crippen molar-refractivity contribution in [1.29, 1.82) is 0 Å². The molecule has 216 valence electrons. The van der Waals surface area contributed by atoms with E-state index in [1.54, 1.807) is 18.6 Å². The number of carbonyl (C=O) groups excluding carboxylic acids is 2. The maximum atomic E-state index is 14.4. The van der Waals surface area contributed by atoms with Gasteiger partial charge in [-0.2, -0.15) is 0 Å². The monoisotopic (exact) mass is 564 g/mol. The molecule has 2 saturated carbocycles. The lowest BCUT2D eigenvalue weighted by molar-refractivity contribution is -0.148. The van der Waals surface area contributed by atoms with E-state index >= 15 is 0 Å². The number of nitrogens with one attached hydrogen (secondary N) is 2. The fraction of sp³-hybridized carbons (Fsp3) is 0.692. The third-order valence-electron chi connectivity index (χ3n) is 6.70. The van der Waals surface area contributed by atoms with Crippen LogP contribution in [0.5, 0.6) is 0 Å². The normalized spacial score (nSPS) is 18.3. The van der Waals surface area contributed by atoms with Gasteiger partial charge >= 0.3 is 11.9 Å². The minimum Gasteiger partial charge on any atom is -0.464 e. The first-order chi connectivity index (χ1) is 18.4. The second-order valence-electron chi connectivity index (χ2n) is 11.7. The second-order valence-corrected chi connectivity index (χ2v) is 13.9. The third kappa shape index (κ3) is 7.16. The zero-order valence-electron chi connectivity index (χ0n) is 23.4. The summed E-state index contributed by atoms with van der Waals surface area (Å²) in [6.45, 7) is 10.6. The summed E-state index contributed by atoms with van der Waals surface area (Å²) in [6, 6.07) is 1.69. The molecule has 0 saturated heterocycles. The summed E-state index contributed by atoms with van der Waals surface area (Å²) in [4.78, 5) is 34.5. The molecule has 2 heterocycles. The molecule has 2 fully saturated rings. The highest BCUT2D eigenvalue weighted by Gasteiger charge is 2.59. The summed E-state index contributed by atoms with van der Waals surface area (Å²) in [5.74, 6) is -0.527. The van der Waals surface area contributed by atoms with E-state index in [9.17, 15) is 14.2 Å². The zero-order chi connectivity index (χ0) is 28.4. The number of aromatic nitrogens is 3. The van der Waals surface area contributed by atoms with Gasteiger partial charge < -0.3 is 24.5 Å². The number of imidazole rings is 1. The van der Waals surface area contributed by atoms with E-state index in [2.05, 4.69) is 20.1 Å². The smallest absolute Gasteiger partial charge is 0.326 e. The van der Waals surface area contributed by atoms with Gasteiger partial charge in [0.2, 0.25) is 7.44 Å². The van der Waals surface area contributed by atoms with Crippen molar-refractivity contribution in [3.8, 4) is 0 Å². The van der Waals surface area contributed by atoms with E-state index in [4.69, 9.17) is 19.9 Å². The van der Waals surface area contributed by atoms with Gasteiger partial charge in [0, 0.05) is 6.20 Å². The third-order valence-corrected chi connectivity index (χ3v) is 8.79. The molecule has 0 bridgehead atoms. The number of carbonyl (C=O) groups is 2. The van der Waals surface area contributed by atoms with Gasteiger partial charge in [-0.15, -0.1) is 0 Å². The Bertz CT molecular complexity index is 1190. The maximum Gasteiger partial charge on any atom is 0.326 e. The van der Waals surface area contributed by atoms with Crippen molar-refractivity contribution in [2.24, 2.45) is 11.8 Å². The molecule has 2 aromatic rings. The molecule has 0 spiro atoms. The number of hydrogen-bond donors (Lipinski definition) is 3. The van der Waals surface area contributed by atoms with Crippen LogP contribution in [-0.4, -0.2) is 63.2 Å². The summed E-state index contributed by atoms with van der Waals surface area (Å²) in [5.41, 5.74) is 5.62. The lowest BCUT2D eigenvalue weighted by Gasteiger charge is -2.30. The highest BCUT2D eigenvalue weighted by atomic mass is 31.2. The van der Waals surface area contributed by atoms with Crippen molar-refractivity contribution in [2.45, 2.75) is 84.0 Å². The van der Waals surface area contributed by atoms with Crippen LogP contribution >= 0.6 is 7.44 Å². The molecule has 0 amide bonds. The predicted octanol–water partition coefficient (Wildman–Crippen LogP) is 3.21. The van der Waals surface area contributed by atoms with Crippen LogP contribution in [0.3, 0.4) is 0 Å². The molecule has 4 N–H and O–H groups in total. The summed E-state index contributed by atoms with van der Waals surface area (Å²) in [6.07, 6.45) is 4.58. The van der Waals surface area contributed by atoms with Crippen molar-refractivity contribution < 1.29 is 28.4 Å². The average molecular weight is 565 g/mol. The van der Waals surface area contributed by atoms with E-state index in [1.807, 2.05) is 39.2 Å². The Hall–Kier alpha value is -2.53. The quantitative estimate of drug-likeness (QED) is 0.215. The van der Waals surface area contributed by atoms with Crippen LogP contribution in [0.1, 0.15) is 60.3 Å². The van der Waals surface area contributed by atoms with E-state index in [0.717, 1.165) is 0 Å². The Morgan fingerprint density at radius 1 is 1.00 bits per heavy atom. The van der Waals surface area contributed by atoms with Crippen LogP contribution in [-0.2, 0) is 34.9 Å². The summed E-state index contributed by atoms with van der Waals surface area (Å²) >= 11 is 0. The van der Waals surface area contributed by atoms with Crippen molar-refractivity contribution in [3.05, 3.63) is 18.6 Å². The number of fused-ring (bicyclic) bond motifs is 1. The lowest BCUT2D eigenvalue weighted by Crippen LogP contribution is -2.48. The zero-order valence-corrected chi connectivity index (χ0v) is 24.3. The number of hydrogen-bond acceptors (Lipinski definition) is 9. The van der Waals surface area contributed by atoms with Crippen LogP contribution in [0.4, 0.5) is 5.69 Å². The number of rotatable bonds is 15. The number of nitrogen functional groups attached to an aromatic ring is 1. The van der Waals surface area contributed by atoms with Crippen LogP contribution in [0.2, 0.25) is 0 Å². The van der Waals surface area contributed by atoms with E-state index in [1.165, 1.54) is 0 Å². The molecule has 0 aromatic carbocycles. The molecule has 4 rings (SSSR count). The molecule has 0 unspecified atom stereocenters. The molecule has 39 heavy (non-hydrogen) atoms. The Balaban J connectivity index is 1.47. The Labute approximate surface area is 229 Å². The summed E-state index contributed by atoms with van der Waals surface area (Å²) in [7, 11) is -3.62. The van der Waals surface area contributed by atoms with Gasteiger partial charge in [-0.25, -0.2) is 20.1 Å². The van der Waals surface area contributed by atoms with Gasteiger partial charge in [0.25, 0.3) is 0 Å². The van der Waals surface area contributed by atoms with Crippen molar-refractivity contribution in [2.75, 3.05) is 25.3 Å². The molecule has 12 nitrogen and oxygen atoms in total. The molecule has 2 aliphatic rings. The molecule has 2 aromatic heterocycles. The van der Waals surface area contributed by atoms with Gasteiger partial charge in [-0.3, -0.25) is 14.2 Å². The first-order valence-corrected chi connectivity index (χ1v) is 15.5. The highest BCUT2D eigenvalue weighted by Crippen LogP contribution is 2.53. The van der Waals surface area contributed by atoms with Gasteiger partial charge in [0.1, 0.15) is 22.9 Å². The molecule has 1 atom stereocenters. The van der Waals surface area contributed by atoms with Crippen LogP contribution in [0.25, 0.3) is 11.2 Å². The predicted molar refractivity (Wildman–Crippen MR) is 147 cm³/mol. The van der Waals surface area contributed by atoms with Crippen molar-refractivity contribution in [1.82, 2.24) is 24.7 Å². The van der Waals surface area contributed by atoms with Crippen LogP contribution < -0.4 is 15.9 Å². The van der Waals surface area contributed by atoms with E-state index in [0.29, 0.717) is 49.1 Å². The fourth-order valence-corrected chi connectivity index (χ4v) is 6.86. The van der Waals surface area contributed by atoms with Gasteiger partial charge in [0.15, 0.2) is 5.65 Å². The topological polar surface area (TPSA) is 160 Å². The Morgan fingerprint density at radius 3 is 2.03 bits per heavy atom. The number of nitrogens with two attached hydrogens (primary N) is 1. The summed E-state index contributed by atoms with van der Waals surface area (Å²) in [5, 5.41) is 6.12. The first kappa shape index (κ1) is 29.5. The number of ether oxygens (including phenoxy) is 3. The van der Waals surface area contributed by atoms with Crippen molar-refractivity contribution in [3.63, 3.8) is 0 Å². The van der Waals surface area contributed by atoms with Crippen molar-refractivity contribution >= 4 is 36.2 Å². The molecule has 13 heteroatoms. The minimum atomic E-state index is -3.62. The number of anilines is 1. The minimum absolute atomic E-state index is 0.174. The standard InChI is InChI=1S/C26H41N6O6P/c1-17(2)13-36-23(33)25(7-8-25)30-39(35,31-26(9-10-26)24(34)37-14-18(3)4)16-38-19(5)12-32-15-29-21-20(27)6-11-28-22(21)32/h6,11,15,17-19H,7-10,12-14,16H2,1-5H3,(H2,27,28)(H2,30,31,35)/t19-/m1/s1. The lowest BCUT2D eigenvalue weighted by atomic mass is 10.2. The second kappa shape index (κ2) is 11.5. The Kier molecular flexibility index (Phi) is 8.70. The Morgan fingerprint density at radius 2 is 1.54 bits per heavy atom. The van der Waals surface area contributed by atoms with Gasteiger partial charge in [-0.1, -0.05) is 27.7 Å². The fourth-order valence-electron chi connectivity index (χ4n) is 4.20. The first-order valence-electron chi connectivity index (χ1n) is 13.6. The maximum absolute atomic E-state index is 14.4. The molecule has 0 aliphatic heterocycles. The molecule has 0 radical (unpaired) electrons. The van der Waals surface area contributed by atoms with Crippen LogP contribution in [0.15, 0.2) is 18.6 Å². The number of pyridine rings is 1. The molecular formula is C26H41N6O6P. The van der Waals surface area contributed by atoms with Gasteiger partial charge in [0.05, 0.1) is 37.9 Å². The average Bonchev–Trinajstić information content (AvgIpc) is 3.79. The number of nitrogens with zero attached hydrogens (tertiary/aromatic N) is 3.